The van der Waals surface area contributed by atoms with Gasteiger partial charge in [-0.05, 0) is 30.0 Å². The molecule has 20 heavy (non-hydrogen) atoms. The normalized spacial score (nSPS) is 18.9. The Balaban J connectivity index is 2.17. The van der Waals surface area contributed by atoms with Gasteiger partial charge in [-0.2, -0.15) is 5.10 Å². The van der Waals surface area contributed by atoms with E-state index in [-0.39, 0.29) is 11.8 Å². The lowest BCUT2D eigenvalue weighted by Crippen LogP contribution is -2.30. The molecule has 1 heterocycles. The van der Waals surface area contributed by atoms with E-state index in [1.54, 1.807) is 18.9 Å². The van der Waals surface area contributed by atoms with Crippen molar-refractivity contribution in [1.29, 1.82) is 0 Å². The Morgan fingerprint density at radius 1 is 1.45 bits per heavy atom. The highest BCUT2D eigenvalue weighted by Gasteiger charge is 2.17. The number of thioether (sulfide) groups is 1. The topological polar surface area (TPSA) is 50.7 Å². The van der Waals surface area contributed by atoms with Crippen LogP contribution in [-0.4, -0.2) is 25.0 Å². The fraction of sp³-hybridized carbons (Fsp3) is 0.333. The third-order valence-electron chi connectivity index (χ3n) is 3.16. The second-order valence-corrected chi connectivity index (χ2v) is 5.47. The van der Waals surface area contributed by atoms with Gasteiger partial charge in [0.15, 0.2) is 0 Å². The first kappa shape index (κ1) is 14.7. The number of rotatable bonds is 4. The molecule has 4 nitrogen and oxygen atoms in total. The largest absolute Gasteiger partial charge is 0.496 e. The van der Waals surface area contributed by atoms with Gasteiger partial charge in [0.05, 0.1) is 12.8 Å². The second kappa shape index (κ2) is 6.61. The zero-order valence-electron chi connectivity index (χ0n) is 11.8. The van der Waals surface area contributed by atoms with Crippen LogP contribution in [0.3, 0.4) is 0 Å². The van der Waals surface area contributed by atoms with E-state index in [2.05, 4.69) is 10.5 Å². The van der Waals surface area contributed by atoms with Crippen LogP contribution in [0.1, 0.15) is 18.9 Å². The van der Waals surface area contributed by atoms with Gasteiger partial charge in [0.1, 0.15) is 5.75 Å². The third kappa shape index (κ3) is 3.42. The van der Waals surface area contributed by atoms with Crippen molar-refractivity contribution < 1.29 is 9.53 Å². The number of hydrazone groups is 1. The van der Waals surface area contributed by atoms with Gasteiger partial charge in [-0.1, -0.05) is 19.1 Å². The molecule has 0 aromatic heterocycles. The van der Waals surface area contributed by atoms with E-state index in [9.17, 15) is 4.79 Å². The number of amides is 1. The molecule has 1 unspecified atom stereocenters. The average Bonchev–Trinajstić information content (AvgIpc) is 2.46. The number of ether oxygens (including phenoxy) is 1. The molecule has 5 heteroatoms. The van der Waals surface area contributed by atoms with Crippen LogP contribution in [0.15, 0.2) is 34.3 Å². The van der Waals surface area contributed by atoms with Crippen LogP contribution in [-0.2, 0) is 4.79 Å². The highest BCUT2D eigenvalue weighted by molar-refractivity contribution is 7.98. The van der Waals surface area contributed by atoms with Crippen LogP contribution in [0, 0.1) is 5.92 Å². The highest BCUT2D eigenvalue weighted by Crippen LogP contribution is 2.28. The molecular formula is C15H18N2O2S. The first-order valence-electron chi connectivity index (χ1n) is 6.40. The van der Waals surface area contributed by atoms with Crippen molar-refractivity contribution in [2.24, 2.45) is 11.0 Å². The summed E-state index contributed by atoms with van der Waals surface area (Å²) >= 11 is 1.66. The molecule has 0 fully saturated rings. The van der Waals surface area contributed by atoms with Crippen molar-refractivity contribution in [2.45, 2.75) is 18.2 Å². The fourth-order valence-electron chi connectivity index (χ4n) is 2.01. The molecule has 0 aliphatic carbocycles. The number of hydrogen-bond donors (Lipinski definition) is 1. The molecule has 1 aromatic rings. The molecule has 0 radical (unpaired) electrons. The van der Waals surface area contributed by atoms with Crippen molar-refractivity contribution in [1.82, 2.24) is 5.43 Å². The smallest absolute Gasteiger partial charge is 0.240 e. The summed E-state index contributed by atoms with van der Waals surface area (Å²) in [4.78, 5) is 12.3. The van der Waals surface area contributed by atoms with Gasteiger partial charge >= 0.3 is 0 Å². The van der Waals surface area contributed by atoms with Crippen LogP contribution in [0.25, 0.3) is 6.08 Å². The second-order valence-electron chi connectivity index (χ2n) is 4.62. The third-order valence-corrected chi connectivity index (χ3v) is 3.94. The number of carbonyl (C=O) groups excluding carboxylic acids is 1. The number of nitrogens with one attached hydrogen (secondary N) is 1. The van der Waals surface area contributed by atoms with Gasteiger partial charge in [-0.3, -0.25) is 4.79 Å². The van der Waals surface area contributed by atoms with Crippen molar-refractivity contribution in [3.05, 3.63) is 29.8 Å². The number of nitrogens with zero attached hydrogens (tertiary/aromatic N) is 1. The summed E-state index contributed by atoms with van der Waals surface area (Å²) in [5.41, 5.74) is 4.44. The van der Waals surface area contributed by atoms with Gasteiger partial charge in [0.25, 0.3) is 0 Å². The van der Waals surface area contributed by atoms with Crippen LogP contribution in [0.2, 0.25) is 0 Å². The Kier molecular flexibility index (Phi) is 4.84. The van der Waals surface area contributed by atoms with Crippen molar-refractivity contribution in [3.8, 4) is 5.75 Å². The maximum absolute atomic E-state index is 11.2. The maximum Gasteiger partial charge on any atom is 0.240 e. The molecule has 0 saturated heterocycles. The SMILES string of the molecule is COc1cc(C=CC2=NNC(=O)CC2C)ccc1SC. The van der Waals surface area contributed by atoms with E-state index in [0.29, 0.717) is 6.42 Å². The summed E-state index contributed by atoms with van der Waals surface area (Å²) < 4.78 is 5.36. The summed E-state index contributed by atoms with van der Waals surface area (Å²) in [6.07, 6.45) is 6.43. The highest BCUT2D eigenvalue weighted by atomic mass is 32.2. The van der Waals surface area contributed by atoms with Crippen LogP contribution < -0.4 is 10.2 Å². The molecule has 1 aromatic carbocycles. The Bertz CT molecular complexity index is 567. The molecule has 1 aliphatic heterocycles. The lowest BCUT2D eigenvalue weighted by atomic mass is 9.99. The van der Waals surface area contributed by atoms with Crippen molar-refractivity contribution in [2.75, 3.05) is 13.4 Å². The van der Waals surface area contributed by atoms with Gasteiger partial charge in [-0.25, -0.2) is 5.43 Å². The van der Waals surface area contributed by atoms with Gasteiger partial charge in [0, 0.05) is 17.2 Å². The zero-order chi connectivity index (χ0) is 14.5. The summed E-state index contributed by atoms with van der Waals surface area (Å²) in [5, 5.41) is 4.08. The standard InChI is InChI=1S/C15H18N2O2S/c1-10-8-15(18)17-16-12(10)6-4-11-5-7-14(20-3)13(9-11)19-2/h4-7,9-10H,8H2,1-3H3,(H,17,18). The number of benzene rings is 1. The molecule has 1 amide bonds. The number of carbonyl (C=O) groups is 1. The minimum atomic E-state index is -0.0272. The predicted molar refractivity (Wildman–Crippen MR) is 83.2 cm³/mol. The van der Waals surface area contributed by atoms with Gasteiger partial charge in [-0.15, -0.1) is 11.8 Å². The molecule has 0 saturated carbocycles. The molecule has 106 valence electrons. The molecule has 0 bridgehead atoms. The number of methoxy groups -OCH3 is 1. The summed E-state index contributed by atoms with van der Waals surface area (Å²) in [7, 11) is 1.67. The monoisotopic (exact) mass is 290 g/mol. The van der Waals surface area contributed by atoms with Gasteiger partial charge < -0.3 is 4.74 Å². The number of hydrogen-bond acceptors (Lipinski definition) is 4. The minimum absolute atomic E-state index is 0.0272. The first-order chi connectivity index (χ1) is 9.63. The molecule has 1 atom stereocenters. The average molecular weight is 290 g/mol. The summed E-state index contributed by atoms with van der Waals surface area (Å²) in [6, 6.07) is 6.07. The summed E-state index contributed by atoms with van der Waals surface area (Å²) in [5.74, 6) is 0.986. The van der Waals surface area contributed by atoms with Crippen LogP contribution in [0.5, 0.6) is 5.75 Å². The maximum atomic E-state index is 11.2. The first-order valence-corrected chi connectivity index (χ1v) is 7.63. The van der Waals surface area contributed by atoms with E-state index in [1.807, 2.05) is 43.5 Å². The molecule has 0 spiro atoms. The van der Waals surface area contributed by atoms with Crippen LogP contribution >= 0.6 is 11.8 Å². The molecule has 2 rings (SSSR count). The summed E-state index contributed by atoms with van der Waals surface area (Å²) in [6.45, 7) is 2.00. The van der Waals surface area contributed by atoms with E-state index in [0.717, 1.165) is 21.9 Å². The zero-order valence-corrected chi connectivity index (χ0v) is 12.7. The molecule has 1 N–H and O–H groups in total. The molecular weight excluding hydrogens is 272 g/mol. The number of allylic oxidation sites excluding steroid dienone is 1. The van der Waals surface area contributed by atoms with E-state index >= 15 is 0 Å². The lowest BCUT2D eigenvalue weighted by Gasteiger charge is -2.16. The van der Waals surface area contributed by atoms with Crippen molar-refractivity contribution in [3.63, 3.8) is 0 Å². The van der Waals surface area contributed by atoms with E-state index in [4.69, 9.17) is 4.74 Å². The Morgan fingerprint density at radius 3 is 2.90 bits per heavy atom. The Labute approximate surface area is 123 Å². The van der Waals surface area contributed by atoms with Gasteiger partial charge in [0.2, 0.25) is 5.91 Å². The quantitative estimate of drug-likeness (QED) is 0.867. The predicted octanol–water partition coefficient (Wildman–Crippen LogP) is 2.94. The van der Waals surface area contributed by atoms with E-state index < -0.39 is 0 Å². The van der Waals surface area contributed by atoms with Crippen molar-refractivity contribution >= 4 is 29.5 Å². The fourth-order valence-corrected chi connectivity index (χ4v) is 2.55. The Hall–Kier alpha value is -1.75. The van der Waals surface area contributed by atoms with Crippen LogP contribution in [0.4, 0.5) is 0 Å². The Morgan fingerprint density at radius 2 is 2.25 bits per heavy atom. The van der Waals surface area contributed by atoms with E-state index in [1.165, 1.54) is 0 Å². The molecule has 1 aliphatic rings. The lowest BCUT2D eigenvalue weighted by molar-refractivity contribution is -0.121. The minimum Gasteiger partial charge on any atom is -0.496 e.